The Labute approximate surface area is 92.5 Å². The van der Waals surface area contributed by atoms with Gasteiger partial charge in [0.15, 0.2) is 0 Å². The van der Waals surface area contributed by atoms with Gasteiger partial charge in [0.1, 0.15) is 0 Å². The Morgan fingerprint density at radius 3 is 2.21 bits per heavy atom. The summed E-state index contributed by atoms with van der Waals surface area (Å²) in [6.07, 6.45) is 1.86. The third kappa shape index (κ3) is 3.41. The number of sulfonamides is 1. The lowest BCUT2D eigenvalue weighted by molar-refractivity contribution is 0.365. The van der Waals surface area contributed by atoms with Crippen molar-refractivity contribution in [2.45, 2.75) is 44.9 Å². The van der Waals surface area contributed by atoms with Crippen LogP contribution < -0.4 is 0 Å². The molecule has 0 bridgehead atoms. The first-order valence-corrected chi connectivity index (χ1v) is 6.94. The van der Waals surface area contributed by atoms with Crippen molar-refractivity contribution in [2.75, 3.05) is 12.9 Å². The maximum Gasteiger partial charge on any atom is 0.217 e. The highest BCUT2D eigenvalue weighted by Crippen LogP contribution is 2.14. The monoisotopic (exact) mass is 241 g/mol. The van der Waals surface area contributed by atoms with Gasteiger partial charge in [0.05, 0.1) is 5.25 Å². The predicted molar refractivity (Wildman–Crippen MR) is 61.2 cm³/mol. The highest BCUT2D eigenvalue weighted by atomic mass is 35.5. The molecule has 0 N–H and O–H groups in total. The second-order valence-corrected chi connectivity index (χ2v) is 6.38. The molecule has 2 atom stereocenters. The molecule has 5 heteroatoms. The smallest absolute Gasteiger partial charge is 0.212 e. The first kappa shape index (κ1) is 14.2. The largest absolute Gasteiger partial charge is 0.217 e. The molecule has 3 nitrogen and oxygen atoms in total. The van der Waals surface area contributed by atoms with E-state index in [0.717, 1.165) is 12.8 Å². The van der Waals surface area contributed by atoms with Crippen LogP contribution in [0.4, 0.5) is 0 Å². The first-order chi connectivity index (χ1) is 6.37. The minimum absolute atomic E-state index is 0.0515. The molecule has 0 rings (SSSR count). The Hall–Kier alpha value is 0.200. The second-order valence-electron chi connectivity index (χ2n) is 3.66. The van der Waals surface area contributed by atoms with Crippen LogP contribution in [-0.4, -0.2) is 36.9 Å². The van der Waals surface area contributed by atoms with Crippen LogP contribution in [0.3, 0.4) is 0 Å². The molecule has 0 aliphatic carbocycles. The van der Waals surface area contributed by atoms with Gasteiger partial charge in [-0.1, -0.05) is 13.3 Å². The zero-order valence-corrected chi connectivity index (χ0v) is 10.9. The number of rotatable bonds is 6. The number of hydrogen-bond donors (Lipinski definition) is 0. The average molecular weight is 242 g/mol. The minimum Gasteiger partial charge on any atom is -0.212 e. The summed E-state index contributed by atoms with van der Waals surface area (Å²) in [6.45, 7) is 5.60. The lowest BCUT2D eigenvalue weighted by Crippen LogP contribution is -2.40. The normalized spacial score (nSPS) is 17.0. The highest BCUT2D eigenvalue weighted by Gasteiger charge is 2.28. The third-order valence-electron chi connectivity index (χ3n) is 2.45. The lowest BCUT2D eigenvalue weighted by Gasteiger charge is -2.26. The van der Waals surface area contributed by atoms with Gasteiger partial charge in [0.25, 0.3) is 0 Å². The predicted octanol–water partition coefficient (Wildman–Crippen LogP) is 2.06. The number of alkyl halides is 1. The zero-order chi connectivity index (χ0) is 11.4. The Morgan fingerprint density at radius 1 is 1.36 bits per heavy atom. The maximum absolute atomic E-state index is 11.8. The van der Waals surface area contributed by atoms with Crippen molar-refractivity contribution >= 4 is 21.6 Å². The fourth-order valence-corrected chi connectivity index (χ4v) is 3.03. The molecular formula is C9H20ClNO2S. The van der Waals surface area contributed by atoms with Crippen molar-refractivity contribution in [1.29, 1.82) is 0 Å². The van der Waals surface area contributed by atoms with E-state index in [0.29, 0.717) is 0 Å². The fourth-order valence-electron chi connectivity index (χ4n) is 1.21. The molecule has 0 heterocycles. The van der Waals surface area contributed by atoms with Gasteiger partial charge in [0.2, 0.25) is 10.0 Å². The number of nitrogens with zero attached hydrogens (tertiary/aromatic N) is 1. The molecule has 86 valence electrons. The first-order valence-electron chi connectivity index (χ1n) is 4.90. The molecule has 0 aliphatic rings. The van der Waals surface area contributed by atoms with Gasteiger partial charge in [0, 0.05) is 19.0 Å². The van der Waals surface area contributed by atoms with Gasteiger partial charge in [-0.05, 0) is 20.3 Å². The van der Waals surface area contributed by atoms with E-state index in [1.807, 2.05) is 13.8 Å². The van der Waals surface area contributed by atoms with Crippen LogP contribution in [0, 0.1) is 0 Å². The van der Waals surface area contributed by atoms with Gasteiger partial charge < -0.3 is 0 Å². The van der Waals surface area contributed by atoms with Crippen LogP contribution in [0.5, 0.6) is 0 Å². The molecular weight excluding hydrogens is 222 g/mol. The minimum atomic E-state index is -3.21. The van der Waals surface area contributed by atoms with E-state index < -0.39 is 15.3 Å². The summed E-state index contributed by atoms with van der Waals surface area (Å²) in [7, 11) is -1.59. The van der Waals surface area contributed by atoms with Crippen molar-refractivity contribution in [2.24, 2.45) is 0 Å². The van der Waals surface area contributed by atoms with Crippen molar-refractivity contribution in [3.05, 3.63) is 0 Å². The molecule has 0 spiro atoms. The molecule has 0 saturated carbocycles. The molecule has 0 amide bonds. The summed E-state index contributed by atoms with van der Waals surface area (Å²) >= 11 is 5.56. The SMILES string of the molecule is CCCC(C)N(C)S(=O)(=O)C(C)CCl. The van der Waals surface area contributed by atoms with Gasteiger partial charge >= 0.3 is 0 Å². The van der Waals surface area contributed by atoms with Gasteiger partial charge in [-0.2, -0.15) is 0 Å². The Bertz CT molecular complexity index is 254. The van der Waals surface area contributed by atoms with E-state index in [1.54, 1.807) is 14.0 Å². The quantitative estimate of drug-likeness (QED) is 0.668. The molecule has 0 saturated heterocycles. The summed E-state index contributed by atoms with van der Waals surface area (Å²) in [6, 6.07) is 0.0515. The van der Waals surface area contributed by atoms with Crippen LogP contribution in [0.2, 0.25) is 0 Å². The average Bonchev–Trinajstić information content (AvgIpc) is 2.15. The van der Waals surface area contributed by atoms with Crippen molar-refractivity contribution < 1.29 is 8.42 Å². The van der Waals surface area contributed by atoms with E-state index >= 15 is 0 Å². The topological polar surface area (TPSA) is 37.4 Å². The van der Waals surface area contributed by atoms with Gasteiger partial charge in [-0.15, -0.1) is 11.6 Å². The molecule has 0 aliphatic heterocycles. The lowest BCUT2D eigenvalue weighted by atomic mass is 10.2. The van der Waals surface area contributed by atoms with Crippen LogP contribution in [-0.2, 0) is 10.0 Å². The molecule has 0 fully saturated rings. The summed E-state index contributed by atoms with van der Waals surface area (Å²) < 4.78 is 25.1. The maximum atomic E-state index is 11.8. The summed E-state index contributed by atoms with van der Waals surface area (Å²) in [5, 5.41) is -0.506. The summed E-state index contributed by atoms with van der Waals surface area (Å²) in [5.74, 6) is 0.144. The summed E-state index contributed by atoms with van der Waals surface area (Å²) in [4.78, 5) is 0. The number of hydrogen-bond acceptors (Lipinski definition) is 2. The van der Waals surface area contributed by atoms with E-state index in [4.69, 9.17) is 11.6 Å². The van der Waals surface area contributed by atoms with Crippen molar-refractivity contribution in [3.63, 3.8) is 0 Å². The molecule has 0 aromatic rings. The van der Waals surface area contributed by atoms with Crippen molar-refractivity contribution in [3.8, 4) is 0 Å². The van der Waals surface area contributed by atoms with Gasteiger partial charge in [-0.3, -0.25) is 0 Å². The standard InChI is InChI=1S/C9H20ClNO2S/c1-5-6-8(2)11(4)14(12,13)9(3)7-10/h8-9H,5-7H2,1-4H3. The van der Waals surface area contributed by atoms with E-state index in [1.165, 1.54) is 4.31 Å². The molecule has 0 radical (unpaired) electrons. The van der Waals surface area contributed by atoms with E-state index in [-0.39, 0.29) is 11.9 Å². The molecule has 0 aromatic heterocycles. The fraction of sp³-hybridized carbons (Fsp3) is 1.00. The van der Waals surface area contributed by atoms with Crippen molar-refractivity contribution in [1.82, 2.24) is 4.31 Å². The van der Waals surface area contributed by atoms with Crippen LogP contribution in [0.1, 0.15) is 33.6 Å². The van der Waals surface area contributed by atoms with Crippen LogP contribution in [0.15, 0.2) is 0 Å². The third-order valence-corrected chi connectivity index (χ3v) is 5.45. The zero-order valence-electron chi connectivity index (χ0n) is 9.33. The van der Waals surface area contributed by atoms with Crippen LogP contribution >= 0.6 is 11.6 Å². The molecule has 14 heavy (non-hydrogen) atoms. The second kappa shape index (κ2) is 5.93. The summed E-state index contributed by atoms with van der Waals surface area (Å²) in [5.41, 5.74) is 0. The molecule has 2 unspecified atom stereocenters. The Balaban J connectivity index is 4.58. The van der Waals surface area contributed by atoms with E-state index in [2.05, 4.69) is 0 Å². The van der Waals surface area contributed by atoms with Crippen LogP contribution in [0.25, 0.3) is 0 Å². The highest BCUT2D eigenvalue weighted by molar-refractivity contribution is 7.89. The Morgan fingerprint density at radius 2 is 1.86 bits per heavy atom. The van der Waals surface area contributed by atoms with Gasteiger partial charge in [-0.25, -0.2) is 12.7 Å². The Kier molecular flexibility index (Phi) is 6.02. The van der Waals surface area contributed by atoms with E-state index in [9.17, 15) is 8.42 Å². The molecule has 0 aromatic carbocycles. The number of halogens is 1.